The molecule has 140 valence electrons. The van der Waals surface area contributed by atoms with Gasteiger partial charge in [-0.1, -0.05) is 0 Å². The van der Waals surface area contributed by atoms with Gasteiger partial charge in [-0.05, 0) is 54.0 Å². The number of piperazine rings is 1. The van der Waals surface area contributed by atoms with Crippen molar-refractivity contribution in [1.29, 1.82) is 0 Å². The number of anilines is 1. The van der Waals surface area contributed by atoms with Crippen molar-refractivity contribution in [3.05, 3.63) is 16.7 Å². The highest BCUT2D eigenvalue weighted by Gasteiger charge is 2.33. The van der Waals surface area contributed by atoms with E-state index in [1.807, 2.05) is 6.92 Å². The lowest BCUT2D eigenvalue weighted by Gasteiger charge is -2.44. The van der Waals surface area contributed by atoms with Crippen LogP contribution in [0.25, 0.3) is 0 Å². The van der Waals surface area contributed by atoms with Crippen LogP contribution in [0.2, 0.25) is 0 Å². The molecule has 2 aliphatic rings. The minimum atomic E-state index is 0.236. The van der Waals surface area contributed by atoms with Gasteiger partial charge in [-0.15, -0.1) is 0 Å². The van der Waals surface area contributed by atoms with Crippen molar-refractivity contribution in [3.63, 3.8) is 0 Å². The van der Waals surface area contributed by atoms with Gasteiger partial charge < -0.3 is 14.4 Å². The molecular weight excluding hydrogens is 312 g/mol. The molecule has 0 amide bonds. The number of ether oxygens (including phenoxy) is 2. The van der Waals surface area contributed by atoms with Gasteiger partial charge in [0.15, 0.2) is 11.5 Å². The van der Waals surface area contributed by atoms with Gasteiger partial charge in [0, 0.05) is 55.0 Å². The van der Waals surface area contributed by atoms with Gasteiger partial charge in [-0.25, -0.2) is 0 Å². The summed E-state index contributed by atoms with van der Waals surface area (Å²) in [7, 11) is 0. The fourth-order valence-electron chi connectivity index (χ4n) is 4.30. The summed E-state index contributed by atoms with van der Waals surface area (Å²) in [6.07, 6.45) is 1.22. The molecule has 4 nitrogen and oxygen atoms in total. The zero-order chi connectivity index (χ0) is 18.4. The molecule has 0 aliphatic carbocycles. The van der Waals surface area contributed by atoms with E-state index in [1.54, 1.807) is 0 Å². The number of hydrogen-bond acceptors (Lipinski definition) is 4. The first-order valence-corrected chi connectivity index (χ1v) is 9.69. The van der Waals surface area contributed by atoms with Crippen molar-refractivity contribution < 1.29 is 9.47 Å². The van der Waals surface area contributed by atoms with Crippen LogP contribution in [-0.2, 0) is 6.42 Å². The molecule has 2 aliphatic heterocycles. The Bertz CT molecular complexity index is 641. The van der Waals surface area contributed by atoms with Gasteiger partial charge in [0.2, 0.25) is 0 Å². The molecule has 1 fully saturated rings. The second kappa shape index (κ2) is 6.71. The number of nitrogens with zero attached hydrogens (tertiary/aromatic N) is 2. The van der Waals surface area contributed by atoms with E-state index in [0.717, 1.165) is 44.1 Å². The number of fused-ring (bicyclic) bond motifs is 1. The number of benzene rings is 1. The molecular formula is C21H34N2O2. The third kappa shape index (κ3) is 3.33. The number of hydrogen-bond donors (Lipinski definition) is 0. The van der Waals surface area contributed by atoms with Crippen LogP contribution >= 0.6 is 0 Å². The SMILES string of the molecule is CCOc1c(C)c(N2CCN(C(C)(C)C)CC2)c(C)c2c1OC(C)C2. The van der Waals surface area contributed by atoms with Crippen molar-refractivity contribution in [2.24, 2.45) is 0 Å². The molecule has 0 N–H and O–H groups in total. The zero-order valence-electron chi connectivity index (χ0n) is 17.0. The molecule has 0 spiro atoms. The fourth-order valence-corrected chi connectivity index (χ4v) is 4.30. The predicted octanol–water partition coefficient (Wildman–Crippen LogP) is 3.95. The first kappa shape index (κ1) is 18.4. The zero-order valence-corrected chi connectivity index (χ0v) is 17.0. The van der Waals surface area contributed by atoms with Crippen LogP contribution in [0, 0.1) is 13.8 Å². The Labute approximate surface area is 153 Å². The monoisotopic (exact) mass is 346 g/mol. The predicted molar refractivity (Wildman–Crippen MR) is 104 cm³/mol. The van der Waals surface area contributed by atoms with Crippen LogP contribution in [0.4, 0.5) is 5.69 Å². The Morgan fingerprint density at radius 1 is 1.08 bits per heavy atom. The highest BCUT2D eigenvalue weighted by molar-refractivity contribution is 5.72. The smallest absolute Gasteiger partial charge is 0.166 e. The molecule has 2 heterocycles. The molecule has 3 rings (SSSR count). The van der Waals surface area contributed by atoms with Crippen LogP contribution in [0.5, 0.6) is 11.5 Å². The van der Waals surface area contributed by atoms with Gasteiger partial charge >= 0.3 is 0 Å². The van der Waals surface area contributed by atoms with Gasteiger partial charge in [0.05, 0.1) is 6.61 Å². The molecule has 1 atom stereocenters. The first-order chi connectivity index (χ1) is 11.7. The lowest BCUT2D eigenvalue weighted by molar-refractivity contribution is 0.128. The van der Waals surface area contributed by atoms with Crippen LogP contribution < -0.4 is 14.4 Å². The van der Waals surface area contributed by atoms with Gasteiger partial charge in [-0.2, -0.15) is 0 Å². The Morgan fingerprint density at radius 2 is 1.72 bits per heavy atom. The molecule has 4 heteroatoms. The van der Waals surface area contributed by atoms with E-state index in [-0.39, 0.29) is 11.6 Å². The van der Waals surface area contributed by atoms with Crippen molar-refractivity contribution in [1.82, 2.24) is 4.90 Å². The maximum Gasteiger partial charge on any atom is 0.166 e. The van der Waals surface area contributed by atoms with E-state index >= 15 is 0 Å². The maximum atomic E-state index is 6.10. The summed E-state index contributed by atoms with van der Waals surface area (Å²) in [5, 5.41) is 0. The summed E-state index contributed by atoms with van der Waals surface area (Å²) in [4.78, 5) is 5.13. The van der Waals surface area contributed by atoms with Gasteiger partial charge in [-0.3, -0.25) is 4.90 Å². The summed E-state index contributed by atoms with van der Waals surface area (Å²) in [5.74, 6) is 1.95. The van der Waals surface area contributed by atoms with Gasteiger partial charge in [0.25, 0.3) is 0 Å². The molecule has 0 radical (unpaired) electrons. The third-order valence-corrected chi connectivity index (χ3v) is 5.63. The van der Waals surface area contributed by atoms with Crippen LogP contribution in [0.3, 0.4) is 0 Å². The summed E-state index contributed by atoms with van der Waals surface area (Å²) < 4.78 is 12.1. The van der Waals surface area contributed by atoms with E-state index in [2.05, 4.69) is 51.3 Å². The summed E-state index contributed by atoms with van der Waals surface area (Å²) >= 11 is 0. The fraction of sp³-hybridized carbons (Fsp3) is 0.714. The highest BCUT2D eigenvalue weighted by Crippen LogP contribution is 2.47. The molecule has 25 heavy (non-hydrogen) atoms. The molecule has 0 aromatic heterocycles. The minimum absolute atomic E-state index is 0.236. The average molecular weight is 347 g/mol. The van der Waals surface area contributed by atoms with E-state index in [9.17, 15) is 0 Å². The lowest BCUT2D eigenvalue weighted by Crippen LogP contribution is -2.53. The van der Waals surface area contributed by atoms with Crippen molar-refractivity contribution in [3.8, 4) is 11.5 Å². The highest BCUT2D eigenvalue weighted by atomic mass is 16.5. The van der Waals surface area contributed by atoms with Crippen molar-refractivity contribution >= 4 is 5.69 Å². The number of rotatable bonds is 3. The summed E-state index contributed by atoms with van der Waals surface area (Å²) in [5.41, 5.74) is 5.57. The van der Waals surface area contributed by atoms with Crippen molar-refractivity contribution in [2.75, 3.05) is 37.7 Å². The van der Waals surface area contributed by atoms with Crippen molar-refractivity contribution in [2.45, 2.75) is 66.5 Å². The van der Waals surface area contributed by atoms with E-state index in [1.165, 1.54) is 22.4 Å². The van der Waals surface area contributed by atoms with Crippen LogP contribution in [0.15, 0.2) is 0 Å². The van der Waals surface area contributed by atoms with E-state index in [0.29, 0.717) is 6.61 Å². The molecule has 1 aromatic rings. The lowest BCUT2D eigenvalue weighted by atomic mass is 9.96. The molecule has 1 unspecified atom stereocenters. The molecule has 0 saturated carbocycles. The Hall–Kier alpha value is -1.42. The quantitative estimate of drug-likeness (QED) is 0.827. The standard InChI is InChI=1S/C21H34N2O2/c1-8-24-19-16(4)18(15(3)17-13-14(2)25-20(17)19)22-9-11-23(12-10-22)21(5,6)7/h14H,8-13H2,1-7H3. The van der Waals surface area contributed by atoms with Crippen LogP contribution in [-0.4, -0.2) is 49.3 Å². The first-order valence-electron chi connectivity index (χ1n) is 9.69. The summed E-state index contributed by atoms with van der Waals surface area (Å²) in [6.45, 7) is 20.6. The Balaban J connectivity index is 1.95. The molecule has 0 bridgehead atoms. The van der Waals surface area contributed by atoms with Gasteiger partial charge in [0.1, 0.15) is 6.10 Å². The van der Waals surface area contributed by atoms with E-state index in [4.69, 9.17) is 9.47 Å². The third-order valence-electron chi connectivity index (χ3n) is 5.63. The Morgan fingerprint density at radius 3 is 2.28 bits per heavy atom. The summed E-state index contributed by atoms with van der Waals surface area (Å²) in [6, 6.07) is 0. The van der Waals surface area contributed by atoms with Crippen LogP contribution in [0.1, 0.15) is 51.3 Å². The molecule has 1 aromatic carbocycles. The minimum Gasteiger partial charge on any atom is -0.490 e. The Kier molecular flexibility index (Phi) is 4.93. The normalized spacial score (nSPS) is 21.2. The molecule has 1 saturated heterocycles. The largest absolute Gasteiger partial charge is 0.490 e. The second-order valence-corrected chi connectivity index (χ2v) is 8.45. The second-order valence-electron chi connectivity index (χ2n) is 8.45. The average Bonchev–Trinajstić information content (AvgIpc) is 2.93. The topological polar surface area (TPSA) is 24.9 Å². The maximum absolute atomic E-state index is 6.10. The van der Waals surface area contributed by atoms with E-state index < -0.39 is 0 Å².